The number of hydrogen-bond donors (Lipinski definition) is 2. The van der Waals surface area contributed by atoms with Gasteiger partial charge < -0.3 is 10.4 Å². The lowest BCUT2D eigenvalue weighted by molar-refractivity contribution is -0.140. The molecule has 0 amide bonds. The predicted octanol–water partition coefficient (Wildman–Crippen LogP) is 15.3. The molecule has 0 spiro atoms. The standard InChI is InChI=1S/C29H51NO2.C20H42/c1-5-6-9-18-30-26(27(31)32)19-20(2)23-13-14-24-22-12-11-21-10-7-8-16-28(21,3)25(22)15-17-29(23,24)4;1-3-5-7-9-11-13-15-17-19-20-18-16-14-12-10-8-6-4-2/h20-26,30H,5-19H2,1-4H3,(H,31,32);3-20H2,1-2H3/t20?,21?,22-,23+,24-,25-,26?,28-,29+;/m0./s1. The van der Waals surface area contributed by atoms with E-state index in [2.05, 4.69) is 46.9 Å². The third-order valence-electron chi connectivity index (χ3n) is 15.9. The van der Waals surface area contributed by atoms with E-state index in [9.17, 15) is 9.90 Å². The van der Waals surface area contributed by atoms with E-state index in [1.54, 1.807) is 0 Å². The maximum atomic E-state index is 12.0. The van der Waals surface area contributed by atoms with Gasteiger partial charge >= 0.3 is 5.97 Å². The van der Waals surface area contributed by atoms with Crippen LogP contribution >= 0.6 is 0 Å². The molecule has 0 bridgehead atoms. The van der Waals surface area contributed by atoms with E-state index in [-0.39, 0.29) is 6.04 Å². The Morgan fingerprint density at radius 3 is 1.62 bits per heavy atom. The summed E-state index contributed by atoms with van der Waals surface area (Å²) in [5, 5.41) is 13.2. The molecule has 52 heavy (non-hydrogen) atoms. The molecule has 4 fully saturated rings. The molecule has 0 radical (unpaired) electrons. The van der Waals surface area contributed by atoms with Crippen molar-refractivity contribution in [3.05, 3.63) is 0 Å². The molecule has 4 saturated carbocycles. The number of nitrogens with one attached hydrogen (secondary N) is 1. The van der Waals surface area contributed by atoms with Crippen molar-refractivity contribution in [2.45, 2.75) is 253 Å². The van der Waals surface area contributed by atoms with Gasteiger partial charge in [-0.15, -0.1) is 0 Å². The Hall–Kier alpha value is -0.570. The van der Waals surface area contributed by atoms with E-state index >= 15 is 0 Å². The summed E-state index contributed by atoms with van der Waals surface area (Å²) in [6.45, 7) is 15.3. The molecular weight excluding hydrogens is 635 g/mol. The zero-order chi connectivity index (χ0) is 37.7. The van der Waals surface area contributed by atoms with Crippen molar-refractivity contribution in [3.8, 4) is 0 Å². The average molecular weight is 728 g/mol. The minimum Gasteiger partial charge on any atom is -0.480 e. The predicted molar refractivity (Wildman–Crippen MR) is 227 cm³/mol. The monoisotopic (exact) mass is 728 g/mol. The van der Waals surface area contributed by atoms with Crippen molar-refractivity contribution in [3.63, 3.8) is 0 Å². The molecule has 3 heteroatoms. The molecule has 2 N–H and O–H groups in total. The second kappa shape index (κ2) is 25.6. The van der Waals surface area contributed by atoms with Gasteiger partial charge in [0.1, 0.15) is 6.04 Å². The van der Waals surface area contributed by atoms with Crippen molar-refractivity contribution in [1.82, 2.24) is 5.32 Å². The largest absolute Gasteiger partial charge is 0.480 e. The molecule has 4 rings (SSSR count). The minimum atomic E-state index is -0.652. The number of rotatable bonds is 26. The van der Waals surface area contributed by atoms with Crippen LogP contribution in [0.1, 0.15) is 247 Å². The lowest BCUT2D eigenvalue weighted by Gasteiger charge is -2.61. The normalized spacial score (nSPS) is 30.8. The number of carboxylic acid groups (broad SMARTS) is 1. The van der Waals surface area contributed by atoms with Gasteiger partial charge in [0.25, 0.3) is 0 Å². The van der Waals surface area contributed by atoms with Crippen LogP contribution in [0.3, 0.4) is 0 Å². The number of carbonyl (C=O) groups is 1. The average Bonchev–Trinajstić information content (AvgIpc) is 3.50. The molecule has 0 saturated heterocycles. The highest BCUT2D eigenvalue weighted by Gasteiger charge is 2.60. The van der Waals surface area contributed by atoms with Gasteiger partial charge in [0.2, 0.25) is 0 Å². The Balaban J connectivity index is 0.000000316. The summed E-state index contributed by atoms with van der Waals surface area (Å²) in [4.78, 5) is 12.0. The van der Waals surface area contributed by atoms with Crippen LogP contribution in [0, 0.1) is 46.3 Å². The van der Waals surface area contributed by atoms with Gasteiger partial charge in [0, 0.05) is 0 Å². The molecule has 3 unspecified atom stereocenters. The zero-order valence-electron chi connectivity index (χ0n) is 36.2. The van der Waals surface area contributed by atoms with Crippen LogP contribution in [0.4, 0.5) is 0 Å². The Morgan fingerprint density at radius 2 is 1.10 bits per heavy atom. The molecule has 9 atom stereocenters. The van der Waals surface area contributed by atoms with Crippen molar-refractivity contribution in [1.29, 1.82) is 0 Å². The van der Waals surface area contributed by atoms with Gasteiger partial charge in [-0.1, -0.05) is 183 Å². The molecular formula is C49H93NO2. The Morgan fingerprint density at radius 1 is 0.596 bits per heavy atom. The third kappa shape index (κ3) is 14.2. The van der Waals surface area contributed by atoms with Crippen molar-refractivity contribution >= 4 is 5.97 Å². The summed E-state index contributed by atoms with van der Waals surface area (Å²) in [6, 6.07) is -0.377. The van der Waals surface area contributed by atoms with Gasteiger partial charge in [0.15, 0.2) is 0 Å². The number of hydrogen-bond acceptors (Lipinski definition) is 2. The summed E-state index contributed by atoms with van der Waals surface area (Å²) in [5.41, 5.74) is 1.05. The third-order valence-corrected chi connectivity index (χ3v) is 15.9. The first-order valence-electron chi connectivity index (χ1n) is 24.2. The van der Waals surface area contributed by atoms with Crippen LogP contribution in [-0.2, 0) is 4.79 Å². The summed E-state index contributed by atoms with van der Waals surface area (Å²) >= 11 is 0. The fraction of sp³-hybridized carbons (Fsp3) is 0.980. The Bertz CT molecular complexity index is 901. The maximum absolute atomic E-state index is 12.0. The number of aliphatic carboxylic acids is 1. The minimum absolute atomic E-state index is 0.377. The molecule has 4 aliphatic rings. The molecule has 0 aromatic rings. The van der Waals surface area contributed by atoms with E-state index in [0.29, 0.717) is 22.7 Å². The number of fused-ring (bicyclic) bond motifs is 5. The van der Waals surface area contributed by atoms with Gasteiger partial charge in [-0.2, -0.15) is 0 Å². The van der Waals surface area contributed by atoms with E-state index in [4.69, 9.17) is 0 Å². The maximum Gasteiger partial charge on any atom is 0.320 e. The molecule has 0 heterocycles. The highest BCUT2D eigenvalue weighted by atomic mass is 16.4. The summed E-state index contributed by atoms with van der Waals surface area (Å²) in [7, 11) is 0. The van der Waals surface area contributed by atoms with Crippen LogP contribution in [0.25, 0.3) is 0 Å². The first-order valence-corrected chi connectivity index (χ1v) is 24.2. The molecule has 0 aliphatic heterocycles. The van der Waals surface area contributed by atoms with Gasteiger partial charge in [-0.3, -0.25) is 4.79 Å². The van der Waals surface area contributed by atoms with E-state index in [1.165, 1.54) is 193 Å². The molecule has 0 aromatic carbocycles. The molecule has 306 valence electrons. The highest BCUT2D eigenvalue weighted by molar-refractivity contribution is 5.73. The molecule has 4 aliphatic carbocycles. The fourth-order valence-corrected chi connectivity index (χ4v) is 12.7. The lowest BCUT2D eigenvalue weighted by atomic mass is 9.44. The van der Waals surface area contributed by atoms with Crippen LogP contribution < -0.4 is 5.32 Å². The SMILES string of the molecule is CCCCCCCCCCCCCCCCCCCC.CCCCCNC(CC(C)[C@H]1CC[C@H]2[C@@H]3CCC4CCCC[C@]4(C)[C@H]3CC[C@]12C)C(=O)O. The summed E-state index contributed by atoms with van der Waals surface area (Å²) in [6.07, 6.45) is 45.0. The fourth-order valence-electron chi connectivity index (χ4n) is 12.7. The first kappa shape index (κ1) is 45.8. The van der Waals surface area contributed by atoms with E-state index in [1.807, 2.05) is 0 Å². The van der Waals surface area contributed by atoms with Gasteiger partial charge in [-0.05, 0) is 117 Å². The van der Waals surface area contributed by atoms with Crippen LogP contribution in [-0.4, -0.2) is 23.7 Å². The van der Waals surface area contributed by atoms with Crippen LogP contribution in [0.5, 0.6) is 0 Å². The van der Waals surface area contributed by atoms with Crippen molar-refractivity contribution < 1.29 is 9.90 Å². The lowest BCUT2D eigenvalue weighted by Crippen LogP contribution is -2.53. The molecule has 0 aromatic heterocycles. The summed E-state index contributed by atoms with van der Waals surface area (Å²) < 4.78 is 0. The van der Waals surface area contributed by atoms with E-state index in [0.717, 1.165) is 43.1 Å². The van der Waals surface area contributed by atoms with Crippen molar-refractivity contribution in [2.75, 3.05) is 6.54 Å². The Labute approximate surface area is 326 Å². The van der Waals surface area contributed by atoms with Gasteiger partial charge in [-0.25, -0.2) is 0 Å². The second-order valence-corrected chi connectivity index (χ2v) is 19.6. The summed E-state index contributed by atoms with van der Waals surface area (Å²) in [5.74, 6) is 4.31. The highest BCUT2D eigenvalue weighted by Crippen LogP contribution is 2.68. The second-order valence-electron chi connectivity index (χ2n) is 19.6. The first-order chi connectivity index (χ1) is 25.2. The van der Waals surface area contributed by atoms with Crippen LogP contribution in [0.2, 0.25) is 0 Å². The quantitative estimate of drug-likeness (QED) is 0.0872. The van der Waals surface area contributed by atoms with Crippen LogP contribution in [0.15, 0.2) is 0 Å². The smallest absolute Gasteiger partial charge is 0.320 e. The van der Waals surface area contributed by atoms with Crippen molar-refractivity contribution in [2.24, 2.45) is 46.3 Å². The molecule has 3 nitrogen and oxygen atoms in total. The number of unbranched alkanes of at least 4 members (excludes halogenated alkanes) is 19. The van der Waals surface area contributed by atoms with E-state index < -0.39 is 5.97 Å². The number of carboxylic acids is 1. The zero-order valence-corrected chi connectivity index (χ0v) is 36.2. The topological polar surface area (TPSA) is 49.3 Å². The Kier molecular flexibility index (Phi) is 22.5. The van der Waals surface area contributed by atoms with Gasteiger partial charge in [0.05, 0.1) is 0 Å².